The minimum Gasteiger partial charge on any atom is -0.486 e. The van der Waals surface area contributed by atoms with Crippen LogP contribution in [0.5, 0.6) is 5.75 Å². The molecule has 0 N–H and O–H groups in total. The van der Waals surface area contributed by atoms with Crippen LogP contribution in [-0.2, 0) is 0 Å². The van der Waals surface area contributed by atoms with Crippen LogP contribution in [-0.4, -0.2) is 17.5 Å². The van der Waals surface area contributed by atoms with E-state index in [4.69, 9.17) is 10.00 Å². The highest BCUT2D eigenvalue weighted by Gasteiger charge is 2.22. The summed E-state index contributed by atoms with van der Waals surface area (Å²) < 4.78 is 30.4. The molecule has 0 bridgehead atoms. The molecule has 21 heavy (non-hydrogen) atoms. The summed E-state index contributed by atoms with van der Waals surface area (Å²) in [5.74, 6) is -2.57. The summed E-state index contributed by atoms with van der Waals surface area (Å²) in [4.78, 5) is 4.21. The highest BCUT2D eigenvalue weighted by atomic mass is 19.3. The third-order valence-corrected chi connectivity index (χ3v) is 2.86. The first-order valence-corrected chi connectivity index (χ1v) is 6.37. The Morgan fingerprint density at radius 3 is 2.57 bits per heavy atom. The maximum atomic E-state index is 12.7. The second-order valence-electron chi connectivity index (χ2n) is 4.88. The molecule has 0 aliphatic heterocycles. The fraction of sp³-hybridized carbons (Fsp3) is 0.250. The van der Waals surface area contributed by atoms with Gasteiger partial charge >= 0.3 is 0 Å². The van der Waals surface area contributed by atoms with Gasteiger partial charge in [0.15, 0.2) is 6.61 Å². The van der Waals surface area contributed by atoms with Crippen LogP contribution in [0.25, 0.3) is 11.3 Å². The van der Waals surface area contributed by atoms with Crippen LogP contribution >= 0.6 is 0 Å². The zero-order valence-electron chi connectivity index (χ0n) is 11.7. The highest BCUT2D eigenvalue weighted by Crippen LogP contribution is 2.24. The maximum Gasteiger partial charge on any atom is 0.278 e. The van der Waals surface area contributed by atoms with Gasteiger partial charge in [0.1, 0.15) is 5.75 Å². The van der Waals surface area contributed by atoms with Crippen molar-refractivity contribution in [1.29, 1.82) is 5.26 Å². The van der Waals surface area contributed by atoms with Gasteiger partial charge in [-0.25, -0.2) is 8.78 Å². The van der Waals surface area contributed by atoms with Crippen LogP contribution in [0.4, 0.5) is 8.78 Å². The van der Waals surface area contributed by atoms with Crippen LogP contribution in [0.3, 0.4) is 0 Å². The maximum absolute atomic E-state index is 12.7. The largest absolute Gasteiger partial charge is 0.486 e. The number of alkyl halides is 2. The molecule has 2 aromatic rings. The smallest absolute Gasteiger partial charge is 0.278 e. The number of aromatic nitrogens is 1. The van der Waals surface area contributed by atoms with Crippen molar-refractivity contribution >= 4 is 0 Å². The van der Waals surface area contributed by atoms with Gasteiger partial charge in [-0.05, 0) is 36.8 Å². The summed E-state index contributed by atoms with van der Waals surface area (Å²) in [7, 11) is 0. The Kier molecular flexibility index (Phi) is 4.18. The van der Waals surface area contributed by atoms with E-state index in [9.17, 15) is 8.78 Å². The predicted octanol–water partition coefficient (Wildman–Crippen LogP) is 3.96. The van der Waals surface area contributed by atoms with E-state index in [0.717, 1.165) is 18.1 Å². The number of pyridine rings is 1. The lowest BCUT2D eigenvalue weighted by Crippen LogP contribution is -2.20. The molecule has 1 aromatic heterocycles. The summed E-state index contributed by atoms with van der Waals surface area (Å²) in [6.45, 7) is 2.01. The number of rotatable bonds is 4. The van der Waals surface area contributed by atoms with Crippen molar-refractivity contribution in [3.05, 3.63) is 47.7 Å². The lowest BCUT2D eigenvalue weighted by atomic mass is 10.0. The van der Waals surface area contributed by atoms with Gasteiger partial charge in [-0.1, -0.05) is 6.07 Å². The van der Waals surface area contributed by atoms with E-state index in [0.29, 0.717) is 17.0 Å². The van der Waals surface area contributed by atoms with Gasteiger partial charge < -0.3 is 4.74 Å². The molecular formula is C16H14F2N2O. The van der Waals surface area contributed by atoms with E-state index in [-0.39, 0.29) is 0 Å². The lowest BCUT2D eigenvalue weighted by molar-refractivity contribution is -0.0230. The molecule has 0 aliphatic carbocycles. The molecule has 0 radical (unpaired) electrons. The number of hydrogen-bond acceptors (Lipinski definition) is 3. The van der Waals surface area contributed by atoms with Crippen molar-refractivity contribution in [1.82, 2.24) is 4.98 Å². The Morgan fingerprint density at radius 1 is 1.29 bits per heavy atom. The van der Waals surface area contributed by atoms with E-state index in [2.05, 4.69) is 11.1 Å². The summed E-state index contributed by atoms with van der Waals surface area (Å²) in [5, 5.41) is 8.84. The van der Waals surface area contributed by atoms with Gasteiger partial charge in [0.25, 0.3) is 5.92 Å². The lowest BCUT2D eigenvalue weighted by Gasteiger charge is -2.12. The molecule has 0 amide bonds. The molecule has 0 unspecified atom stereocenters. The molecule has 0 aliphatic rings. The minimum atomic E-state index is -2.87. The summed E-state index contributed by atoms with van der Waals surface area (Å²) in [6, 6.07) is 10.7. The minimum absolute atomic E-state index is 0.298. The average molecular weight is 288 g/mol. The van der Waals surface area contributed by atoms with E-state index in [1.165, 1.54) is 6.20 Å². The monoisotopic (exact) mass is 288 g/mol. The Morgan fingerprint density at radius 2 is 2.05 bits per heavy atom. The second-order valence-corrected chi connectivity index (χ2v) is 4.88. The highest BCUT2D eigenvalue weighted by molar-refractivity contribution is 5.65. The molecule has 0 saturated carbocycles. The normalized spacial score (nSPS) is 11.0. The third kappa shape index (κ3) is 3.99. The fourth-order valence-electron chi connectivity index (χ4n) is 1.86. The first kappa shape index (κ1) is 14.9. The molecule has 0 spiro atoms. The number of nitrogens with zero attached hydrogens (tertiary/aromatic N) is 2. The van der Waals surface area contributed by atoms with Gasteiger partial charge in [-0.2, -0.15) is 5.26 Å². The van der Waals surface area contributed by atoms with E-state index >= 15 is 0 Å². The molecule has 5 heteroatoms. The summed E-state index contributed by atoms with van der Waals surface area (Å²) >= 11 is 0. The SMILES string of the molecule is Cc1cc(C#N)ccc1-c1ccc(OCC(C)(F)F)cn1. The van der Waals surface area contributed by atoms with Gasteiger partial charge in [0.05, 0.1) is 23.5 Å². The number of hydrogen-bond donors (Lipinski definition) is 0. The second kappa shape index (κ2) is 5.88. The Hall–Kier alpha value is -2.48. The van der Waals surface area contributed by atoms with Crippen molar-refractivity contribution in [3.63, 3.8) is 0 Å². The number of halogens is 2. The zero-order chi connectivity index (χ0) is 15.5. The van der Waals surface area contributed by atoms with Crippen molar-refractivity contribution in [2.24, 2.45) is 0 Å². The van der Waals surface area contributed by atoms with Crippen LogP contribution in [0.2, 0.25) is 0 Å². The van der Waals surface area contributed by atoms with Crippen molar-refractivity contribution < 1.29 is 13.5 Å². The molecule has 1 heterocycles. The van der Waals surface area contributed by atoms with Crippen LogP contribution in [0.15, 0.2) is 36.5 Å². The average Bonchev–Trinajstić information content (AvgIpc) is 2.45. The standard InChI is InChI=1S/C16H14F2N2O/c1-11-7-12(8-19)3-5-14(11)15-6-4-13(9-20-15)21-10-16(2,17)18/h3-7,9H,10H2,1-2H3. The number of benzene rings is 1. The van der Waals surface area contributed by atoms with Crippen LogP contribution in [0, 0.1) is 18.3 Å². The van der Waals surface area contributed by atoms with Gasteiger partial charge in [-0.3, -0.25) is 4.98 Å². The zero-order valence-corrected chi connectivity index (χ0v) is 11.7. The topological polar surface area (TPSA) is 45.9 Å². The summed E-state index contributed by atoms with van der Waals surface area (Å²) in [6.07, 6.45) is 1.42. The molecule has 0 fully saturated rings. The van der Waals surface area contributed by atoms with Gasteiger partial charge in [-0.15, -0.1) is 0 Å². The van der Waals surface area contributed by atoms with Crippen molar-refractivity contribution in [3.8, 4) is 23.1 Å². The molecule has 2 rings (SSSR count). The van der Waals surface area contributed by atoms with E-state index < -0.39 is 12.5 Å². The third-order valence-electron chi connectivity index (χ3n) is 2.86. The Balaban J connectivity index is 2.18. The van der Waals surface area contributed by atoms with Crippen molar-refractivity contribution in [2.45, 2.75) is 19.8 Å². The Labute approximate surface area is 121 Å². The van der Waals surface area contributed by atoms with E-state index in [1.807, 2.05) is 13.0 Å². The number of aryl methyl sites for hydroxylation is 1. The van der Waals surface area contributed by atoms with Gasteiger partial charge in [0, 0.05) is 12.5 Å². The number of ether oxygens (including phenoxy) is 1. The first-order valence-electron chi connectivity index (χ1n) is 6.37. The molecule has 1 aromatic carbocycles. The molecule has 0 atom stereocenters. The van der Waals surface area contributed by atoms with E-state index in [1.54, 1.807) is 24.3 Å². The fourth-order valence-corrected chi connectivity index (χ4v) is 1.86. The van der Waals surface area contributed by atoms with Crippen molar-refractivity contribution in [2.75, 3.05) is 6.61 Å². The van der Waals surface area contributed by atoms with Gasteiger partial charge in [0.2, 0.25) is 0 Å². The molecule has 0 saturated heterocycles. The number of nitriles is 1. The molecular weight excluding hydrogens is 274 g/mol. The predicted molar refractivity (Wildman–Crippen MR) is 75.2 cm³/mol. The quantitative estimate of drug-likeness (QED) is 0.855. The van der Waals surface area contributed by atoms with Crippen LogP contribution in [0.1, 0.15) is 18.1 Å². The Bertz CT molecular complexity index is 670. The first-order chi connectivity index (χ1) is 9.89. The molecule has 3 nitrogen and oxygen atoms in total. The summed E-state index contributed by atoms with van der Waals surface area (Å²) in [5.41, 5.74) is 3.10. The van der Waals surface area contributed by atoms with Crippen LogP contribution < -0.4 is 4.74 Å². The molecule has 108 valence electrons.